The van der Waals surface area contributed by atoms with Crippen LogP contribution in [0.25, 0.3) is 17.1 Å². The standard InChI is InChI=1S/C14H11N3O/c1-2-9-15-14(18)8-7-11-10-16-12-5-3-4-6-13(12)17-11/h1,3-8,10H,9H2,(H,15,18). The van der Waals surface area contributed by atoms with Gasteiger partial charge in [-0.05, 0) is 18.2 Å². The molecular formula is C14H11N3O. The molecule has 4 heteroatoms. The smallest absolute Gasteiger partial charge is 0.244 e. The molecule has 88 valence electrons. The second-order valence-corrected chi connectivity index (χ2v) is 3.54. The molecule has 2 rings (SSSR count). The van der Waals surface area contributed by atoms with E-state index in [4.69, 9.17) is 6.42 Å². The molecule has 1 aromatic carbocycles. The average molecular weight is 237 g/mol. The maximum Gasteiger partial charge on any atom is 0.244 e. The number of aromatic nitrogens is 2. The molecule has 1 aromatic heterocycles. The van der Waals surface area contributed by atoms with Crippen LogP contribution < -0.4 is 5.32 Å². The number of benzene rings is 1. The van der Waals surface area contributed by atoms with Crippen molar-refractivity contribution < 1.29 is 4.79 Å². The number of nitrogens with zero attached hydrogens (tertiary/aromatic N) is 2. The molecule has 4 nitrogen and oxygen atoms in total. The van der Waals surface area contributed by atoms with Gasteiger partial charge in [-0.25, -0.2) is 4.98 Å². The molecule has 0 unspecified atom stereocenters. The summed E-state index contributed by atoms with van der Waals surface area (Å²) >= 11 is 0. The van der Waals surface area contributed by atoms with Gasteiger partial charge in [-0.1, -0.05) is 18.1 Å². The Bertz CT molecular complexity index is 641. The number of hydrogen-bond donors (Lipinski definition) is 1. The van der Waals surface area contributed by atoms with Crippen LogP contribution >= 0.6 is 0 Å². The Labute approximate surface area is 105 Å². The van der Waals surface area contributed by atoms with Gasteiger partial charge in [-0.2, -0.15) is 0 Å². The van der Waals surface area contributed by atoms with E-state index >= 15 is 0 Å². The summed E-state index contributed by atoms with van der Waals surface area (Å²) in [6.45, 7) is 0.215. The van der Waals surface area contributed by atoms with Gasteiger partial charge in [0.25, 0.3) is 0 Å². The Kier molecular flexibility index (Phi) is 3.67. The fourth-order valence-corrected chi connectivity index (χ4v) is 1.41. The molecule has 0 saturated heterocycles. The van der Waals surface area contributed by atoms with Crippen molar-refractivity contribution >= 4 is 23.0 Å². The predicted octanol–water partition coefficient (Wildman–Crippen LogP) is 1.39. The van der Waals surface area contributed by atoms with Crippen LogP contribution in [0.2, 0.25) is 0 Å². The van der Waals surface area contributed by atoms with Crippen molar-refractivity contribution in [1.82, 2.24) is 15.3 Å². The second-order valence-electron chi connectivity index (χ2n) is 3.54. The van der Waals surface area contributed by atoms with Crippen LogP contribution in [0.15, 0.2) is 36.5 Å². The topological polar surface area (TPSA) is 54.9 Å². The first-order valence-electron chi connectivity index (χ1n) is 5.41. The second kappa shape index (κ2) is 5.60. The fourth-order valence-electron chi connectivity index (χ4n) is 1.41. The highest BCUT2D eigenvalue weighted by Crippen LogP contribution is 2.08. The number of carbonyl (C=O) groups is 1. The lowest BCUT2D eigenvalue weighted by atomic mass is 10.3. The van der Waals surface area contributed by atoms with Crippen LogP contribution in [0.1, 0.15) is 5.69 Å². The first kappa shape index (κ1) is 11.8. The number of amides is 1. The van der Waals surface area contributed by atoms with Crippen molar-refractivity contribution in [2.24, 2.45) is 0 Å². The SMILES string of the molecule is C#CCNC(=O)C=Cc1cnc2ccccc2n1. The van der Waals surface area contributed by atoms with E-state index in [0.29, 0.717) is 5.69 Å². The Balaban J connectivity index is 2.15. The minimum Gasteiger partial charge on any atom is -0.342 e. The third kappa shape index (κ3) is 2.92. The van der Waals surface area contributed by atoms with Crippen LogP contribution in [0.5, 0.6) is 0 Å². The van der Waals surface area contributed by atoms with Gasteiger partial charge in [-0.15, -0.1) is 6.42 Å². The van der Waals surface area contributed by atoms with E-state index in [0.717, 1.165) is 11.0 Å². The molecule has 0 bridgehead atoms. The molecule has 2 aromatic rings. The summed E-state index contributed by atoms with van der Waals surface area (Å²) in [5.74, 6) is 2.08. The third-order valence-electron chi connectivity index (χ3n) is 2.24. The largest absolute Gasteiger partial charge is 0.342 e. The zero-order valence-electron chi connectivity index (χ0n) is 9.63. The number of hydrogen-bond acceptors (Lipinski definition) is 3. The molecule has 0 radical (unpaired) electrons. The van der Waals surface area contributed by atoms with E-state index in [9.17, 15) is 4.79 Å². The molecule has 0 fully saturated rings. The van der Waals surface area contributed by atoms with E-state index in [1.54, 1.807) is 12.3 Å². The highest BCUT2D eigenvalue weighted by atomic mass is 16.1. The maximum absolute atomic E-state index is 11.3. The normalized spacial score (nSPS) is 10.4. The van der Waals surface area contributed by atoms with E-state index < -0.39 is 0 Å². The van der Waals surface area contributed by atoms with Gasteiger partial charge in [0.05, 0.1) is 29.5 Å². The minimum atomic E-state index is -0.247. The molecule has 0 aliphatic carbocycles. The van der Waals surface area contributed by atoms with Crippen molar-refractivity contribution in [3.63, 3.8) is 0 Å². The van der Waals surface area contributed by atoms with Crippen LogP contribution in [0, 0.1) is 12.3 Å². The first-order chi connectivity index (χ1) is 8.79. The van der Waals surface area contributed by atoms with Gasteiger partial charge in [0.2, 0.25) is 5.91 Å². The predicted molar refractivity (Wildman–Crippen MR) is 70.4 cm³/mol. The van der Waals surface area contributed by atoms with E-state index in [2.05, 4.69) is 21.2 Å². The summed E-state index contributed by atoms with van der Waals surface area (Å²) in [6.07, 6.45) is 9.64. The number of rotatable bonds is 3. The quantitative estimate of drug-likeness (QED) is 0.648. The van der Waals surface area contributed by atoms with Crippen molar-refractivity contribution in [3.05, 3.63) is 42.2 Å². The summed E-state index contributed by atoms with van der Waals surface area (Å²) in [4.78, 5) is 19.9. The highest BCUT2D eigenvalue weighted by molar-refractivity contribution is 5.91. The summed E-state index contributed by atoms with van der Waals surface area (Å²) in [5, 5.41) is 2.53. The number of carbonyl (C=O) groups excluding carboxylic acids is 1. The average Bonchev–Trinajstić information content (AvgIpc) is 2.42. The zero-order valence-corrected chi connectivity index (χ0v) is 9.63. The van der Waals surface area contributed by atoms with Gasteiger partial charge in [0, 0.05) is 6.08 Å². The molecule has 1 amide bonds. The van der Waals surface area contributed by atoms with E-state index in [-0.39, 0.29) is 12.5 Å². The Morgan fingerprint density at radius 1 is 1.39 bits per heavy atom. The first-order valence-corrected chi connectivity index (χ1v) is 5.41. The Morgan fingerprint density at radius 2 is 2.17 bits per heavy atom. The van der Waals surface area contributed by atoms with Crippen molar-refractivity contribution in [3.8, 4) is 12.3 Å². The lowest BCUT2D eigenvalue weighted by molar-refractivity contribution is -0.116. The summed E-state index contributed by atoms with van der Waals surface area (Å²) < 4.78 is 0. The van der Waals surface area contributed by atoms with Gasteiger partial charge in [0.1, 0.15) is 0 Å². The molecule has 0 spiro atoms. The van der Waals surface area contributed by atoms with E-state index in [1.165, 1.54) is 6.08 Å². The van der Waals surface area contributed by atoms with Crippen LogP contribution in [-0.2, 0) is 4.79 Å². The molecule has 18 heavy (non-hydrogen) atoms. The maximum atomic E-state index is 11.3. The number of fused-ring (bicyclic) bond motifs is 1. The molecule has 0 atom stereocenters. The molecule has 1 N–H and O–H groups in total. The summed E-state index contributed by atoms with van der Waals surface area (Å²) in [7, 11) is 0. The molecule has 0 saturated carbocycles. The lowest BCUT2D eigenvalue weighted by Gasteiger charge is -1.97. The molecular weight excluding hydrogens is 226 g/mol. The number of para-hydroxylation sites is 2. The Hall–Kier alpha value is -2.67. The molecule has 0 aliphatic rings. The zero-order chi connectivity index (χ0) is 12.8. The van der Waals surface area contributed by atoms with Crippen molar-refractivity contribution in [2.45, 2.75) is 0 Å². The van der Waals surface area contributed by atoms with Crippen molar-refractivity contribution in [1.29, 1.82) is 0 Å². The third-order valence-corrected chi connectivity index (χ3v) is 2.24. The number of terminal acetylenes is 1. The van der Waals surface area contributed by atoms with Gasteiger partial charge in [0.15, 0.2) is 0 Å². The molecule has 1 heterocycles. The highest BCUT2D eigenvalue weighted by Gasteiger charge is 1.97. The van der Waals surface area contributed by atoms with Gasteiger partial charge < -0.3 is 5.32 Å². The van der Waals surface area contributed by atoms with Crippen LogP contribution in [-0.4, -0.2) is 22.4 Å². The Morgan fingerprint density at radius 3 is 2.94 bits per heavy atom. The van der Waals surface area contributed by atoms with Crippen LogP contribution in [0.4, 0.5) is 0 Å². The lowest BCUT2D eigenvalue weighted by Crippen LogP contribution is -2.20. The van der Waals surface area contributed by atoms with Gasteiger partial charge >= 0.3 is 0 Å². The summed E-state index contributed by atoms with van der Waals surface area (Å²) in [5.41, 5.74) is 2.25. The fraction of sp³-hybridized carbons (Fsp3) is 0.0714. The molecule has 0 aliphatic heterocycles. The monoisotopic (exact) mass is 237 g/mol. The van der Waals surface area contributed by atoms with Gasteiger partial charge in [-0.3, -0.25) is 9.78 Å². The van der Waals surface area contributed by atoms with Crippen LogP contribution in [0.3, 0.4) is 0 Å². The van der Waals surface area contributed by atoms with Crippen molar-refractivity contribution in [2.75, 3.05) is 6.54 Å². The number of nitrogens with one attached hydrogen (secondary N) is 1. The van der Waals surface area contributed by atoms with E-state index in [1.807, 2.05) is 24.3 Å². The minimum absolute atomic E-state index is 0.215. The summed E-state index contributed by atoms with van der Waals surface area (Å²) in [6, 6.07) is 7.55.